The van der Waals surface area contributed by atoms with Gasteiger partial charge in [0.2, 0.25) is 5.91 Å². The summed E-state index contributed by atoms with van der Waals surface area (Å²) in [6.45, 7) is 10.4. The van der Waals surface area contributed by atoms with Gasteiger partial charge in [-0.2, -0.15) is 0 Å². The lowest BCUT2D eigenvalue weighted by atomic mass is 10.1. The fourth-order valence-electron chi connectivity index (χ4n) is 2.76. The van der Waals surface area contributed by atoms with E-state index in [9.17, 15) is 14.4 Å². The van der Waals surface area contributed by atoms with Crippen LogP contribution in [-0.4, -0.2) is 45.8 Å². The molecule has 4 amide bonds. The quantitative estimate of drug-likeness (QED) is 0.640. The SMILES string of the molecule is CC(C)CCN(CCC(C)C)C(=O)Nc1ccc(CN2C(=O)CSC2=O)cc1. The molecule has 0 unspecified atom stereocenters. The fraction of sp³-hybridized carbons (Fsp3) is 0.571. The summed E-state index contributed by atoms with van der Waals surface area (Å²) < 4.78 is 0. The number of amides is 4. The van der Waals surface area contributed by atoms with Gasteiger partial charge in [0, 0.05) is 18.8 Å². The van der Waals surface area contributed by atoms with Gasteiger partial charge in [0.1, 0.15) is 0 Å². The van der Waals surface area contributed by atoms with Gasteiger partial charge >= 0.3 is 6.03 Å². The number of hydrogen-bond donors (Lipinski definition) is 1. The summed E-state index contributed by atoms with van der Waals surface area (Å²) >= 11 is 1.04. The summed E-state index contributed by atoms with van der Waals surface area (Å²) in [5.41, 5.74) is 1.57. The van der Waals surface area contributed by atoms with Crippen molar-refractivity contribution in [1.29, 1.82) is 0 Å². The Labute approximate surface area is 172 Å². The molecule has 1 aromatic rings. The topological polar surface area (TPSA) is 69.7 Å². The second-order valence-corrected chi connectivity index (χ2v) is 8.94. The van der Waals surface area contributed by atoms with E-state index in [1.165, 1.54) is 4.90 Å². The van der Waals surface area contributed by atoms with E-state index in [4.69, 9.17) is 0 Å². The third-order valence-corrected chi connectivity index (χ3v) is 5.49. The normalized spacial score (nSPS) is 14.3. The first-order chi connectivity index (χ1) is 13.3. The zero-order chi connectivity index (χ0) is 20.7. The lowest BCUT2D eigenvalue weighted by Gasteiger charge is -2.25. The Kier molecular flexibility index (Phi) is 8.35. The molecular formula is C21H31N3O3S. The van der Waals surface area contributed by atoms with Gasteiger partial charge < -0.3 is 10.2 Å². The van der Waals surface area contributed by atoms with E-state index in [2.05, 4.69) is 33.0 Å². The van der Waals surface area contributed by atoms with Gasteiger partial charge in [-0.1, -0.05) is 51.6 Å². The largest absolute Gasteiger partial charge is 0.325 e. The highest BCUT2D eigenvalue weighted by Gasteiger charge is 2.29. The van der Waals surface area contributed by atoms with Gasteiger partial charge in [-0.15, -0.1) is 0 Å². The van der Waals surface area contributed by atoms with Crippen LogP contribution in [0.1, 0.15) is 46.1 Å². The van der Waals surface area contributed by atoms with Crippen LogP contribution >= 0.6 is 11.8 Å². The summed E-state index contributed by atoms with van der Waals surface area (Å²) in [5.74, 6) is 1.15. The highest BCUT2D eigenvalue weighted by atomic mass is 32.2. The van der Waals surface area contributed by atoms with Crippen molar-refractivity contribution in [3.8, 4) is 0 Å². The van der Waals surface area contributed by atoms with Gasteiger partial charge in [0.05, 0.1) is 12.3 Å². The molecule has 0 spiro atoms. The first kappa shape index (κ1) is 22.3. The molecule has 1 aliphatic heterocycles. The molecular weight excluding hydrogens is 374 g/mol. The van der Waals surface area contributed by atoms with Gasteiger partial charge in [0.25, 0.3) is 5.24 Å². The van der Waals surface area contributed by atoms with Gasteiger partial charge in [-0.05, 0) is 42.4 Å². The van der Waals surface area contributed by atoms with Crippen molar-refractivity contribution in [3.63, 3.8) is 0 Å². The van der Waals surface area contributed by atoms with Crippen molar-refractivity contribution < 1.29 is 14.4 Å². The van der Waals surface area contributed by atoms with Gasteiger partial charge in [-0.25, -0.2) is 4.79 Å². The van der Waals surface area contributed by atoms with Crippen LogP contribution < -0.4 is 5.32 Å². The zero-order valence-electron chi connectivity index (χ0n) is 17.2. The Morgan fingerprint density at radius 1 is 1.07 bits per heavy atom. The van der Waals surface area contributed by atoms with E-state index in [1.54, 1.807) is 0 Å². The summed E-state index contributed by atoms with van der Waals surface area (Å²) in [5, 5.41) is 2.76. The highest BCUT2D eigenvalue weighted by Crippen LogP contribution is 2.22. The minimum absolute atomic E-state index is 0.0876. The third kappa shape index (κ3) is 6.86. The monoisotopic (exact) mass is 405 g/mol. The Morgan fingerprint density at radius 2 is 1.64 bits per heavy atom. The molecule has 0 atom stereocenters. The number of imide groups is 1. The number of hydrogen-bond acceptors (Lipinski definition) is 4. The molecule has 0 radical (unpaired) electrons. The van der Waals surface area contributed by atoms with E-state index < -0.39 is 0 Å². The number of carbonyl (C=O) groups excluding carboxylic acids is 3. The summed E-state index contributed by atoms with van der Waals surface area (Å²) in [4.78, 5) is 39.3. The average Bonchev–Trinajstić information content (AvgIpc) is 2.94. The third-order valence-electron chi connectivity index (χ3n) is 4.63. The van der Waals surface area contributed by atoms with Crippen molar-refractivity contribution in [2.45, 2.75) is 47.1 Å². The Hall–Kier alpha value is -2.02. The first-order valence-electron chi connectivity index (χ1n) is 9.88. The van der Waals surface area contributed by atoms with Crippen LogP contribution in [0.25, 0.3) is 0 Å². The van der Waals surface area contributed by atoms with E-state index in [1.807, 2.05) is 29.2 Å². The molecule has 1 saturated heterocycles. The Bertz CT molecular complexity index is 661. The van der Waals surface area contributed by atoms with Crippen LogP contribution in [0.2, 0.25) is 0 Å². The van der Waals surface area contributed by atoms with E-state index >= 15 is 0 Å². The molecule has 0 bridgehead atoms. The Balaban J connectivity index is 1.94. The molecule has 1 fully saturated rings. The molecule has 1 aromatic carbocycles. The summed E-state index contributed by atoms with van der Waals surface area (Å²) in [6.07, 6.45) is 1.95. The number of rotatable bonds is 9. The first-order valence-corrected chi connectivity index (χ1v) is 10.9. The predicted octanol–water partition coefficient (Wildman–Crippen LogP) is 4.81. The average molecular weight is 406 g/mol. The Morgan fingerprint density at radius 3 is 2.11 bits per heavy atom. The number of urea groups is 1. The molecule has 1 N–H and O–H groups in total. The highest BCUT2D eigenvalue weighted by molar-refractivity contribution is 8.14. The zero-order valence-corrected chi connectivity index (χ0v) is 18.1. The maximum atomic E-state index is 12.7. The molecule has 1 heterocycles. The molecule has 0 saturated carbocycles. The van der Waals surface area contributed by atoms with Crippen molar-refractivity contribution in [2.75, 3.05) is 24.2 Å². The number of carbonyl (C=O) groups is 3. The number of nitrogens with zero attached hydrogens (tertiary/aromatic N) is 2. The molecule has 0 aliphatic carbocycles. The molecule has 6 nitrogen and oxygen atoms in total. The van der Waals surface area contributed by atoms with Crippen molar-refractivity contribution in [3.05, 3.63) is 29.8 Å². The maximum Gasteiger partial charge on any atom is 0.321 e. The lowest BCUT2D eigenvalue weighted by Crippen LogP contribution is -2.37. The standard InChI is InChI=1S/C21H31N3O3S/c1-15(2)9-11-23(12-10-16(3)4)20(26)22-18-7-5-17(6-8-18)13-24-19(25)14-28-21(24)27/h5-8,15-16H,9-14H2,1-4H3,(H,22,26). The van der Waals surface area contributed by atoms with Crippen LogP contribution in [0.15, 0.2) is 24.3 Å². The van der Waals surface area contributed by atoms with Gasteiger partial charge in [-0.3, -0.25) is 14.5 Å². The molecule has 28 heavy (non-hydrogen) atoms. The number of thioether (sulfide) groups is 1. The molecule has 2 rings (SSSR count). The number of anilines is 1. The fourth-order valence-corrected chi connectivity index (χ4v) is 3.48. The second kappa shape index (κ2) is 10.5. The van der Waals surface area contributed by atoms with Crippen molar-refractivity contribution in [2.24, 2.45) is 11.8 Å². The van der Waals surface area contributed by atoms with Crippen LogP contribution in [0.3, 0.4) is 0 Å². The van der Waals surface area contributed by atoms with Crippen molar-refractivity contribution >= 4 is 34.6 Å². The lowest BCUT2D eigenvalue weighted by molar-refractivity contribution is -0.125. The molecule has 154 valence electrons. The van der Waals surface area contributed by atoms with E-state index in [0.29, 0.717) is 17.5 Å². The minimum Gasteiger partial charge on any atom is -0.325 e. The summed E-state index contributed by atoms with van der Waals surface area (Å²) in [6, 6.07) is 7.22. The minimum atomic E-state index is -0.201. The number of benzene rings is 1. The smallest absolute Gasteiger partial charge is 0.321 e. The maximum absolute atomic E-state index is 12.7. The van der Waals surface area contributed by atoms with Gasteiger partial charge in [0.15, 0.2) is 0 Å². The molecule has 1 aliphatic rings. The predicted molar refractivity (Wildman–Crippen MR) is 114 cm³/mol. The molecule has 7 heteroatoms. The van der Waals surface area contributed by atoms with Crippen LogP contribution in [-0.2, 0) is 11.3 Å². The van der Waals surface area contributed by atoms with Crippen LogP contribution in [0, 0.1) is 11.8 Å². The van der Waals surface area contributed by atoms with Crippen LogP contribution in [0.4, 0.5) is 15.3 Å². The van der Waals surface area contributed by atoms with E-state index in [0.717, 1.165) is 43.3 Å². The second-order valence-electron chi connectivity index (χ2n) is 8.01. The van der Waals surface area contributed by atoms with E-state index in [-0.39, 0.29) is 29.5 Å². The van der Waals surface area contributed by atoms with Crippen molar-refractivity contribution in [1.82, 2.24) is 9.80 Å². The summed E-state index contributed by atoms with van der Waals surface area (Å²) in [7, 11) is 0. The molecule has 0 aromatic heterocycles. The van der Waals surface area contributed by atoms with Crippen LogP contribution in [0.5, 0.6) is 0 Å². The number of nitrogens with one attached hydrogen (secondary N) is 1.